The summed E-state index contributed by atoms with van der Waals surface area (Å²) < 4.78 is 0. The van der Waals surface area contributed by atoms with Crippen molar-refractivity contribution in [1.29, 1.82) is 0 Å². The van der Waals surface area contributed by atoms with Gasteiger partial charge in [0, 0.05) is 30.2 Å². The van der Waals surface area contributed by atoms with E-state index in [1.54, 1.807) is 11.3 Å². The number of aromatic nitrogens is 1. The van der Waals surface area contributed by atoms with Crippen molar-refractivity contribution >= 4 is 16.5 Å². The fourth-order valence-corrected chi connectivity index (χ4v) is 2.98. The summed E-state index contributed by atoms with van der Waals surface area (Å²) in [6.07, 6.45) is 4.53. The predicted molar refractivity (Wildman–Crippen MR) is 65.2 cm³/mol. The summed E-state index contributed by atoms with van der Waals surface area (Å²) in [5, 5.41) is 1.15. The van der Waals surface area contributed by atoms with Crippen LogP contribution in [-0.4, -0.2) is 17.6 Å². The third-order valence-corrected chi connectivity index (χ3v) is 4.16. The zero-order valence-corrected chi connectivity index (χ0v) is 10.3. The van der Waals surface area contributed by atoms with Crippen LogP contribution in [0, 0.1) is 5.92 Å². The molecular weight excluding hydrogens is 206 g/mol. The first kappa shape index (κ1) is 10.9. The highest BCUT2D eigenvalue weighted by atomic mass is 32.1. The molecule has 1 fully saturated rings. The lowest BCUT2D eigenvalue weighted by molar-refractivity contribution is 0.390. The van der Waals surface area contributed by atoms with E-state index in [1.807, 2.05) is 6.20 Å². The number of nitrogens with two attached hydrogens (primary N) is 1. The van der Waals surface area contributed by atoms with E-state index in [4.69, 9.17) is 5.73 Å². The second kappa shape index (κ2) is 4.49. The minimum absolute atomic E-state index is 0.607. The number of rotatable bonds is 2. The molecule has 0 aromatic carbocycles. The van der Waals surface area contributed by atoms with Gasteiger partial charge in [0.25, 0.3) is 0 Å². The number of nitrogens with zero attached hydrogens (tertiary/aromatic N) is 2. The zero-order chi connectivity index (χ0) is 10.8. The molecule has 1 aliphatic heterocycles. The summed E-state index contributed by atoms with van der Waals surface area (Å²) in [5.74, 6) is 0.784. The summed E-state index contributed by atoms with van der Waals surface area (Å²) in [6, 6.07) is 0.623. The lowest BCUT2D eigenvalue weighted by atomic mass is 9.96. The number of hydrogen-bond acceptors (Lipinski definition) is 4. The average molecular weight is 225 g/mol. The molecule has 2 atom stereocenters. The van der Waals surface area contributed by atoms with Gasteiger partial charge in [0.2, 0.25) is 0 Å². The first-order valence-corrected chi connectivity index (χ1v) is 6.43. The second-order valence-electron chi connectivity index (χ2n) is 4.50. The van der Waals surface area contributed by atoms with E-state index in [-0.39, 0.29) is 0 Å². The number of piperidine rings is 1. The summed E-state index contributed by atoms with van der Waals surface area (Å²) >= 11 is 1.73. The molecule has 84 valence electrons. The van der Waals surface area contributed by atoms with E-state index in [0.717, 1.165) is 17.6 Å². The lowest BCUT2D eigenvalue weighted by Gasteiger charge is -2.36. The number of thiazole rings is 1. The van der Waals surface area contributed by atoms with E-state index >= 15 is 0 Å². The Hall–Kier alpha value is -0.610. The normalized spacial score (nSPS) is 27.0. The van der Waals surface area contributed by atoms with Crippen molar-refractivity contribution < 1.29 is 0 Å². The third kappa shape index (κ3) is 2.32. The predicted octanol–water partition coefficient (Wildman–Crippen LogP) is 2.23. The summed E-state index contributed by atoms with van der Waals surface area (Å²) in [6.45, 7) is 6.35. The molecule has 4 heteroatoms. The highest BCUT2D eigenvalue weighted by Gasteiger charge is 2.24. The average Bonchev–Trinajstić information content (AvgIpc) is 2.70. The van der Waals surface area contributed by atoms with Crippen LogP contribution in [0.5, 0.6) is 0 Å². The molecule has 2 unspecified atom stereocenters. The Balaban J connectivity index is 2.13. The second-order valence-corrected chi connectivity index (χ2v) is 5.59. The van der Waals surface area contributed by atoms with E-state index in [2.05, 4.69) is 23.7 Å². The van der Waals surface area contributed by atoms with Crippen LogP contribution in [0.3, 0.4) is 0 Å². The Labute approximate surface area is 95.3 Å². The topological polar surface area (TPSA) is 42.2 Å². The van der Waals surface area contributed by atoms with Gasteiger partial charge in [-0.3, -0.25) is 0 Å². The van der Waals surface area contributed by atoms with Gasteiger partial charge < -0.3 is 10.6 Å². The zero-order valence-electron chi connectivity index (χ0n) is 9.44. The smallest absolute Gasteiger partial charge is 0.185 e. The molecule has 0 saturated carbocycles. The Morgan fingerprint density at radius 2 is 2.33 bits per heavy atom. The van der Waals surface area contributed by atoms with Crippen LogP contribution in [-0.2, 0) is 6.54 Å². The standard InChI is InChI=1S/C11H19N3S/c1-8-3-4-9(2)14(7-8)11-13-6-10(5-12)15-11/h6,8-9H,3-5,7,12H2,1-2H3. The van der Waals surface area contributed by atoms with E-state index in [9.17, 15) is 0 Å². The van der Waals surface area contributed by atoms with Gasteiger partial charge in [-0.1, -0.05) is 6.92 Å². The fourth-order valence-electron chi connectivity index (χ4n) is 2.08. The maximum Gasteiger partial charge on any atom is 0.185 e. The Morgan fingerprint density at radius 1 is 1.53 bits per heavy atom. The molecular formula is C11H19N3S. The van der Waals surface area contributed by atoms with Crippen LogP contribution in [0.1, 0.15) is 31.6 Å². The minimum atomic E-state index is 0.607. The van der Waals surface area contributed by atoms with Crippen molar-refractivity contribution in [1.82, 2.24) is 4.98 Å². The van der Waals surface area contributed by atoms with Gasteiger partial charge in [0.15, 0.2) is 5.13 Å². The largest absolute Gasteiger partial charge is 0.345 e. The maximum atomic E-state index is 5.61. The molecule has 2 N–H and O–H groups in total. The molecule has 3 nitrogen and oxygen atoms in total. The summed E-state index contributed by atoms with van der Waals surface area (Å²) in [5.41, 5.74) is 5.61. The highest BCUT2D eigenvalue weighted by molar-refractivity contribution is 7.15. The van der Waals surface area contributed by atoms with Crippen molar-refractivity contribution in [2.45, 2.75) is 39.3 Å². The van der Waals surface area contributed by atoms with Crippen molar-refractivity contribution in [3.05, 3.63) is 11.1 Å². The molecule has 1 saturated heterocycles. The maximum absolute atomic E-state index is 5.61. The molecule has 0 radical (unpaired) electrons. The van der Waals surface area contributed by atoms with Crippen molar-refractivity contribution in [3.63, 3.8) is 0 Å². The van der Waals surface area contributed by atoms with Crippen LogP contribution in [0.2, 0.25) is 0 Å². The van der Waals surface area contributed by atoms with Crippen LogP contribution < -0.4 is 10.6 Å². The van der Waals surface area contributed by atoms with Gasteiger partial charge in [0.05, 0.1) is 0 Å². The summed E-state index contributed by atoms with van der Waals surface area (Å²) in [7, 11) is 0. The van der Waals surface area contributed by atoms with Gasteiger partial charge in [-0.2, -0.15) is 0 Å². The molecule has 1 aromatic rings. The molecule has 2 rings (SSSR count). The van der Waals surface area contributed by atoms with Crippen LogP contribution in [0.4, 0.5) is 5.13 Å². The van der Waals surface area contributed by atoms with Gasteiger partial charge >= 0.3 is 0 Å². The summed E-state index contributed by atoms with van der Waals surface area (Å²) in [4.78, 5) is 8.06. The Bertz CT molecular complexity index is 323. The first-order valence-electron chi connectivity index (χ1n) is 5.62. The number of hydrogen-bond donors (Lipinski definition) is 1. The molecule has 1 aromatic heterocycles. The SMILES string of the molecule is CC1CCC(C)N(c2ncc(CN)s2)C1. The van der Waals surface area contributed by atoms with Gasteiger partial charge in [-0.15, -0.1) is 11.3 Å². The van der Waals surface area contributed by atoms with Crippen LogP contribution in [0.15, 0.2) is 6.20 Å². The van der Waals surface area contributed by atoms with Gasteiger partial charge in [0.1, 0.15) is 0 Å². The molecule has 0 amide bonds. The van der Waals surface area contributed by atoms with Crippen LogP contribution >= 0.6 is 11.3 Å². The molecule has 0 bridgehead atoms. The van der Waals surface area contributed by atoms with Crippen molar-refractivity contribution in [2.75, 3.05) is 11.4 Å². The number of anilines is 1. The van der Waals surface area contributed by atoms with E-state index < -0.39 is 0 Å². The molecule has 1 aliphatic rings. The molecule has 15 heavy (non-hydrogen) atoms. The molecule has 2 heterocycles. The van der Waals surface area contributed by atoms with Crippen molar-refractivity contribution in [2.24, 2.45) is 11.7 Å². The third-order valence-electron chi connectivity index (χ3n) is 3.11. The molecule has 0 spiro atoms. The van der Waals surface area contributed by atoms with Crippen LogP contribution in [0.25, 0.3) is 0 Å². The van der Waals surface area contributed by atoms with E-state index in [0.29, 0.717) is 12.6 Å². The van der Waals surface area contributed by atoms with Gasteiger partial charge in [-0.25, -0.2) is 4.98 Å². The Morgan fingerprint density at radius 3 is 3.00 bits per heavy atom. The highest BCUT2D eigenvalue weighted by Crippen LogP contribution is 2.30. The Kier molecular flexibility index (Phi) is 3.26. The monoisotopic (exact) mass is 225 g/mol. The quantitative estimate of drug-likeness (QED) is 0.839. The minimum Gasteiger partial charge on any atom is -0.345 e. The first-order chi connectivity index (χ1) is 7.20. The lowest BCUT2D eigenvalue weighted by Crippen LogP contribution is -2.40. The van der Waals surface area contributed by atoms with E-state index in [1.165, 1.54) is 17.7 Å². The van der Waals surface area contributed by atoms with Gasteiger partial charge in [-0.05, 0) is 25.7 Å². The fraction of sp³-hybridized carbons (Fsp3) is 0.727. The molecule has 0 aliphatic carbocycles. The van der Waals surface area contributed by atoms with Crippen molar-refractivity contribution in [3.8, 4) is 0 Å².